The normalized spacial score (nSPS) is 17.9. The number of hydrogen-bond acceptors (Lipinski definition) is 6. The number of rotatable bonds is 9. The van der Waals surface area contributed by atoms with E-state index in [2.05, 4.69) is 13.2 Å². The molecule has 0 aromatic heterocycles. The summed E-state index contributed by atoms with van der Waals surface area (Å²) in [4.78, 5) is 27.5. The van der Waals surface area contributed by atoms with Gasteiger partial charge in [-0.25, -0.2) is 9.59 Å². The van der Waals surface area contributed by atoms with Gasteiger partial charge in [0.2, 0.25) is 0 Å². The first-order chi connectivity index (χ1) is 17.2. The summed E-state index contributed by atoms with van der Waals surface area (Å²) in [6.07, 6.45) is 5.09. The summed E-state index contributed by atoms with van der Waals surface area (Å²) in [6.45, 7) is 14.5. The van der Waals surface area contributed by atoms with Crippen LogP contribution in [0.4, 0.5) is 4.79 Å². The molecule has 1 aliphatic rings. The zero-order valence-corrected chi connectivity index (χ0v) is 21.7. The van der Waals surface area contributed by atoms with Crippen LogP contribution in [0.1, 0.15) is 62.0 Å². The average Bonchev–Trinajstić information content (AvgIpc) is 2.85. The molecule has 0 radical (unpaired) electrons. The second-order valence-corrected chi connectivity index (χ2v) is 9.79. The van der Waals surface area contributed by atoms with Gasteiger partial charge in [0, 0.05) is 6.54 Å². The highest BCUT2D eigenvalue weighted by Gasteiger charge is 2.36. The van der Waals surface area contributed by atoms with E-state index in [9.17, 15) is 9.59 Å². The topological polar surface area (TPSA) is 74.3 Å². The highest BCUT2D eigenvalue weighted by molar-refractivity contribution is 6.06. The lowest BCUT2D eigenvalue weighted by Crippen LogP contribution is -2.45. The molecule has 0 bridgehead atoms. The number of carbonyl (C=O) groups is 2. The molecule has 194 valence electrons. The Balaban J connectivity index is 2.11. The molecule has 1 amide bonds. The predicted molar refractivity (Wildman–Crippen MR) is 140 cm³/mol. The molecule has 7 heteroatoms. The number of carbonyl (C=O) groups excluding carboxylic acids is 2. The summed E-state index contributed by atoms with van der Waals surface area (Å²) >= 11 is 0. The molecular formula is C29H37NO6. The van der Waals surface area contributed by atoms with Crippen LogP contribution in [0.25, 0.3) is 10.8 Å². The van der Waals surface area contributed by atoms with E-state index < -0.39 is 11.6 Å². The molecule has 2 atom stereocenters. The van der Waals surface area contributed by atoms with E-state index in [0.29, 0.717) is 50.3 Å². The number of esters is 1. The minimum atomic E-state index is -0.624. The second kappa shape index (κ2) is 12.1. The van der Waals surface area contributed by atoms with Gasteiger partial charge in [-0.3, -0.25) is 0 Å². The third-order valence-corrected chi connectivity index (χ3v) is 6.01. The lowest BCUT2D eigenvalue weighted by molar-refractivity contribution is -0.0251. The zero-order chi connectivity index (χ0) is 26.3. The fraction of sp³-hybridized carbons (Fsp3) is 0.448. The number of methoxy groups -OCH3 is 1. The molecule has 2 aromatic carbocycles. The number of benzene rings is 2. The molecule has 1 aliphatic heterocycles. The molecule has 36 heavy (non-hydrogen) atoms. The van der Waals surface area contributed by atoms with E-state index >= 15 is 0 Å². The average molecular weight is 496 g/mol. The Hall–Kier alpha value is -3.32. The van der Waals surface area contributed by atoms with Gasteiger partial charge in [0.25, 0.3) is 0 Å². The maximum absolute atomic E-state index is 13.3. The Kier molecular flexibility index (Phi) is 9.15. The molecular weight excluding hydrogens is 458 g/mol. The zero-order valence-electron chi connectivity index (χ0n) is 21.7. The molecule has 1 fully saturated rings. The molecule has 0 spiro atoms. The van der Waals surface area contributed by atoms with Crippen LogP contribution in [0, 0.1) is 0 Å². The number of piperidine rings is 1. The van der Waals surface area contributed by atoms with Crippen LogP contribution in [0.15, 0.2) is 55.6 Å². The summed E-state index contributed by atoms with van der Waals surface area (Å²) in [6, 6.07) is 8.94. The Morgan fingerprint density at radius 2 is 1.89 bits per heavy atom. The van der Waals surface area contributed by atoms with Crippen LogP contribution in [0.2, 0.25) is 0 Å². The maximum Gasteiger partial charge on any atom is 0.410 e. The first-order valence-electron chi connectivity index (χ1n) is 12.3. The van der Waals surface area contributed by atoms with E-state index in [1.807, 2.05) is 45.0 Å². The molecule has 3 rings (SSSR count). The van der Waals surface area contributed by atoms with Gasteiger partial charge in [-0.1, -0.05) is 18.2 Å². The number of fused-ring (bicyclic) bond motifs is 1. The third-order valence-electron chi connectivity index (χ3n) is 6.01. The molecule has 2 aromatic rings. The highest BCUT2D eigenvalue weighted by atomic mass is 16.6. The van der Waals surface area contributed by atoms with Crippen LogP contribution in [0.3, 0.4) is 0 Å². The van der Waals surface area contributed by atoms with Crippen molar-refractivity contribution in [3.05, 3.63) is 66.8 Å². The molecule has 0 N–H and O–H groups in total. The first kappa shape index (κ1) is 27.3. The first-order valence-corrected chi connectivity index (χ1v) is 12.3. The number of nitrogens with zero attached hydrogens (tertiary/aromatic N) is 1. The summed E-state index contributed by atoms with van der Waals surface area (Å²) in [5.74, 6) is 0.249. The quantitative estimate of drug-likeness (QED) is 0.233. The number of hydrogen-bond donors (Lipinski definition) is 0. The minimum absolute atomic E-state index is 0.0472. The van der Waals surface area contributed by atoms with Gasteiger partial charge in [-0.15, -0.1) is 13.2 Å². The molecule has 7 nitrogen and oxygen atoms in total. The number of amides is 1. The number of ether oxygens (including phenoxy) is 4. The van der Waals surface area contributed by atoms with Gasteiger partial charge < -0.3 is 23.8 Å². The molecule has 0 unspecified atom stereocenters. The van der Waals surface area contributed by atoms with Crippen molar-refractivity contribution >= 4 is 22.8 Å². The summed E-state index contributed by atoms with van der Waals surface area (Å²) in [5.41, 5.74) is 0.721. The standard InChI is InChI=1S/C29H37NO6/c1-7-9-17-35-20-10-11-22-24(27(31)33-6)13-12-23(25(22)18-20)26-19-21(34-16-8-2)14-15-30(26)28(32)36-29(3,4)5/h7-8,10-13,18,21,26H,1-2,9,14-17,19H2,3-6H3/t21-,26-/m0/s1. The molecule has 0 aliphatic carbocycles. The van der Waals surface area contributed by atoms with Crippen molar-refractivity contribution in [1.82, 2.24) is 4.90 Å². The van der Waals surface area contributed by atoms with Crippen LogP contribution in [-0.2, 0) is 14.2 Å². The van der Waals surface area contributed by atoms with Crippen LogP contribution < -0.4 is 4.74 Å². The van der Waals surface area contributed by atoms with Crippen LogP contribution in [-0.4, -0.2) is 55.5 Å². The Bertz CT molecular complexity index is 1100. The summed E-state index contributed by atoms with van der Waals surface area (Å²) < 4.78 is 22.7. The number of likely N-dealkylation sites (tertiary alicyclic amines) is 1. The third kappa shape index (κ3) is 6.66. The van der Waals surface area contributed by atoms with Gasteiger partial charge in [0.15, 0.2) is 0 Å². The van der Waals surface area contributed by atoms with Crippen LogP contribution >= 0.6 is 0 Å². The van der Waals surface area contributed by atoms with Crippen molar-refractivity contribution in [2.45, 2.75) is 57.8 Å². The molecule has 1 heterocycles. The monoisotopic (exact) mass is 495 g/mol. The fourth-order valence-electron chi connectivity index (χ4n) is 4.40. The van der Waals surface area contributed by atoms with Gasteiger partial charge in [0.1, 0.15) is 11.4 Å². The van der Waals surface area contributed by atoms with E-state index in [0.717, 1.165) is 16.3 Å². The fourth-order valence-corrected chi connectivity index (χ4v) is 4.40. The van der Waals surface area contributed by atoms with E-state index in [1.54, 1.807) is 23.1 Å². The largest absolute Gasteiger partial charge is 0.493 e. The lowest BCUT2D eigenvalue weighted by atomic mass is 9.88. The van der Waals surface area contributed by atoms with E-state index in [1.165, 1.54) is 7.11 Å². The van der Waals surface area contributed by atoms with Crippen molar-refractivity contribution in [3.8, 4) is 5.75 Å². The Morgan fingerprint density at radius 1 is 1.11 bits per heavy atom. The van der Waals surface area contributed by atoms with Crippen LogP contribution in [0.5, 0.6) is 5.75 Å². The minimum Gasteiger partial charge on any atom is -0.493 e. The summed E-state index contributed by atoms with van der Waals surface area (Å²) in [7, 11) is 1.36. The maximum atomic E-state index is 13.3. The van der Waals surface area contributed by atoms with Crippen molar-refractivity contribution in [2.24, 2.45) is 0 Å². The van der Waals surface area contributed by atoms with Crippen molar-refractivity contribution < 1.29 is 28.5 Å². The van der Waals surface area contributed by atoms with E-state index in [-0.39, 0.29) is 18.2 Å². The second-order valence-electron chi connectivity index (χ2n) is 9.79. The Labute approximate surface area is 213 Å². The predicted octanol–water partition coefficient (Wildman–Crippen LogP) is 6.22. The highest BCUT2D eigenvalue weighted by Crippen LogP contribution is 2.39. The van der Waals surface area contributed by atoms with Crippen molar-refractivity contribution in [2.75, 3.05) is 26.9 Å². The van der Waals surface area contributed by atoms with Gasteiger partial charge in [0.05, 0.1) is 38.0 Å². The lowest BCUT2D eigenvalue weighted by Gasteiger charge is -2.40. The SMILES string of the molecule is C=CCCOc1ccc2c(C(=O)OC)ccc([C@@H]3C[C@@H](OCC=C)CCN3C(=O)OC(C)(C)C)c2c1. The summed E-state index contributed by atoms with van der Waals surface area (Å²) in [5, 5.41) is 1.55. The van der Waals surface area contributed by atoms with Crippen molar-refractivity contribution in [3.63, 3.8) is 0 Å². The van der Waals surface area contributed by atoms with Gasteiger partial charge in [-0.05, 0) is 80.6 Å². The van der Waals surface area contributed by atoms with E-state index in [4.69, 9.17) is 18.9 Å². The smallest absolute Gasteiger partial charge is 0.410 e. The van der Waals surface area contributed by atoms with Gasteiger partial charge >= 0.3 is 12.1 Å². The molecule has 0 saturated carbocycles. The van der Waals surface area contributed by atoms with Gasteiger partial charge in [-0.2, -0.15) is 0 Å². The Morgan fingerprint density at radius 3 is 2.56 bits per heavy atom. The van der Waals surface area contributed by atoms with Crippen molar-refractivity contribution in [1.29, 1.82) is 0 Å². The molecule has 1 saturated heterocycles.